The summed E-state index contributed by atoms with van der Waals surface area (Å²) >= 11 is 0. The van der Waals surface area contributed by atoms with E-state index < -0.39 is 0 Å². The van der Waals surface area contributed by atoms with Gasteiger partial charge in [0.1, 0.15) is 0 Å². The molecule has 1 aromatic heterocycles. The molecule has 0 bridgehead atoms. The first-order chi connectivity index (χ1) is 10.6. The highest BCUT2D eigenvalue weighted by molar-refractivity contribution is 5.92. The summed E-state index contributed by atoms with van der Waals surface area (Å²) in [5.41, 5.74) is 7.44. The van der Waals surface area contributed by atoms with Crippen LogP contribution in [0.3, 0.4) is 0 Å². The molecule has 23 heavy (non-hydrogen) atoms. The second kappa shape index (κ2) is 8.85. The third-order valence-electron chi connectivity index (χ3n) is 2.94. The van der Waals surface area contributed by atoms with Crippen LogP contribution in [0.1, 0.15) is 12.6 Å². The summed E-state index contributed by atoms with van der Waals surface area (Å²) in [6.45, 7) is 2.40. The summed E-state index contributed by atoms with van der Waals surface area (Å²) in [6.07, 6.45) is 1.71. The summed E-state index contributed by atoms with van der Waals surface area (Å²) in [6, 6.07) is 8.69. The first kappa shape index (κ1) is 18.6. The van der Waals surface area contributed by atoms with Crippen molar-refractivity contribution in [3.8, 4) is 11.5 Å². The SMILES string of the molecule is CCOc1cc(NC(=O)Cc2ccc(N)cn2)ccc1OC.Cl. The first-order valence-electron chi connectivity index (χ1n) is 6.93. The Morgan fingerprint density at radius 1 is 1.26 bits per heavy atom. The van der Waals surface area contributed by atoms with Crippen LogP contribution >= 0.6 is 12.4 Å². The van der Waals surface area contributed by atoms with Gasteiger partial charge in [-0.2, -0.15) is 0 Å². The number of nitrogens with two attached hydrogens (primary N) is 1. The minimum Gasteiger partial charge on any atom is -0.493 e. The zero-order valence-electron chi connectivity index (χ0n) is 13.0. The molecule has 1 heterocycles. The number of pyridine rings is 1. The summed E-state index contributed by atoms with van der Waals surface area (Å²) < 4.78 is 10.7. The maximum atomic E-state index is 12.0. The zero-order chi connectivity index (χ0) is 15.9. The maximum absolute atomic E-state index is 12.0. The predicted molar refractivity (Wildman–Crippen MR) is 92.4 cm³/mol. The second-order valence-electron chi connectivity index (χ2n) is 4.61. The minimum absolute atomic E-state index is 0. The van der Waals surface area contributed by atoms with Gasteiger partial charge in [0.15, 0.2) is 11.5 Å². The van der Waals surface area contributed by atoms with Gasteiger partial charge < -0.3 is 20.5 Å². The number of ether oxygens (including phenoxy) is 2. The van der Waals surface area contributed by atoms with E-state index in [4.69, 9.17) is 15.2 Å². The molecule has 0 atom stereocenters. The van der Waals surface area contributed by atoms with Crippen LogP contribution in [-0.4, -0.2) is 24.6 Å². The molecule has 6 nitrogen and oxygen atoms in total. The van der Waals surface area contributed by atoms with Crippen LogP contribution in [0.4, 0.5) is 11.4 Å². The van der Waals surface area contributed by atoms with Crippen molar-refractivity contribution in [3.63, 3.8) is 0 Å². The van der Waals surface area contributed by atoms with Crippen molar-refractivity contribution in [2.75, 3.05) is 24.8 Å². The van der Waals surface area contributed by atoms with E-state index in [1.807, 2.05) is 6.92 Å². The average Bonchev–Trinajstić information content (AvgIpc) is 2.50. The van der Waals surface area contributed by atoms with Gasteiger partial charge in [-0.15, -0.1) is 12.4 Å². The summed E-state index contributed by atoms with van der Waals surface area (Å²) in [5.74, 6) is 1.05. The molecule has 0 aliphatic heterocycles. The van der Waals surface area contributed by atoms with E-state index in [0.29, 0.717) is 35.2 Å². The van der Waals surface area contributed by atoms with E-state index in [1.165, 1.54) is 6.20 Å². The number of rotatable bonds is 6. The Morgan fingerprint density at radius 2 is 2.04 bits per heavy atom. The van der Waals surface area contributed by atoms with Crippen molar-refractivity contribution in [2.45, 2.75) is 13.3 Å². The second-order valence-corrected chi connectivity index (χ2v) is 4.61. The van der Waals surface area contributed by atoms with Crippen molar-refractivity contribution in [3.05, 3.63) is 42.2 Å². The molecule has 7 heteroatoms. The molecule has 0 unspecified atom stereocenters. The quantitative estimate of drug-likeness (QED) is 0.846. The van der Waals surface area contributed by atoms with E-state index in [-0.39, 0.29) is 24.7 Å². The zero-order valence-corrected chi connectivity index (χ0v) is 13.9. The van der Waals surface area contributed by atoms with E-state index in [2.05, 4.69) is 10.3 Å². The number of aromatic nitrogens is 1. The molecule has 0 aliphatic rings. The maximum Gasteiger partial charge on any atom is 0.230 e. The molecular formula is C16H20ClN3O3. The third-order valence-corrected chi connectivity index (χ3v) is 2.94. The lowest BCUT2D eigenvalue weighted by molar-refractivity contribution is -0.115. The number of benzene rings is 1. The van der Waals surface area contributed by atoms with Crippen molar-refractivity contribution in [1.82, 2.24) is 4.98 Å². The van der Waals surface area contributed by atoms with Gasteiger partial charge in [0.25, 0.3) is 0 Å². The fourth-order valence-corrected chi connectivity index (χ4v) is 1.93. The Hall–Kier alpha value is -2.47. The average molecular weight is 338 g/mol. The van der Waals surface area contributed by atoms with Gasteiger partial charge in [0.05, 0.1) is 32.0 Å². The van der Waals surface area contributed by atoms with Gasteiger partial charge in [-0.25, -0.2) is 0 Å². The third kappa shape index (κ3) is 5.34. The number of anilines is 2. The first-order valence-corrected chi connectivity index (χ1v) is 6.93. The fraction of sp³-hybridized carbons (Fsp3) is 0.250. The number of amides is 1. The molecule has 124 valence electrons. The standard InChI is InChI=1S/C16H19N3O3.ClH/c1-3-22-15-8-13(6-7-14(15)21-2)19-16(20)9-12-5-4-11(17)10-18-12;/h4-8,10H,3,9,17H2,1-2H3,(H,19,20);1H. The number of nitrogen functional groups attached to an aromatic ring is 1. The fourth-order valence-electron chi connectivity index (χ4n) is 1.93. The Labute approximate surface area is 141 Å². The minimum atomic E-state index is -0.162. The highest BCUT2D eigenvalue weighted by Gasteiger charge is 2.09. The van der Waals surface area contributed by atoms with Gasteiger partial charge in [-0.1, -0.05) is 0 Å². The van der Waals surface area contributed by atoms with Crippen molar-refractivity contribution in [1.29, 1.82) is 0 Å². The number of hydrogen-bond donors (Lipinski definition) is 2. The van der Waals surface area contributed by atoms with Crippen LogP contribution in [0.15, 0.2) is 36.5 Å². The van der Waals surface area contributed by atoms with Gasteiger partial charge in [-0.3, -0.25) is 9.78 Å². The molecule has 0 saturated heterocycles. The number of hydrogen-bond acceptors (Lipinski definition) is 5. The number of carbonyl (C=O) groups is 1. The predicted octanol–water partition coefficient (Wildman–Crippen LogP) is 2.67. The Morgan fingerprint density at radius 3 is 2.65 bits per heavy atom. The molecule has 0 aliphatic carbocycles. The van der Waals surface area contributed by atoms with Crippen LogP contribution in [-0.2, 0) is 11.2 Å². The number of carbonyl (C=O) groups excluding carboxylic acids is 1. The van der Waals surface area contributed by atoms with E-state index in [1.54, 1.807) is 37.4 Å². The van der Waals surface area contributed by atoms with Gasteiger partial charge in [-0.05, 0) is 31.2 Å². The van der Waals surface area contributed by atoms with Crippen molar-refractivity contribution in [2.24, 2.45) is 0 Å². The monoisotopic (exact) mass is 337 g/mol. The molecule has 0 fully saturated rings. The number of methoxy groups -OCH3 is 1. The van der Waals surface area contributed by atoms with Crippen LogP contribution in [0, 0.1) is 0 Å². The van der Waals surface area contributed by atoms with E-state index in [0.717, 1.165) is 0 Å². The number of nitrogens with zero attached hydrogens (tertiary/aromatic N) is 1. The Kier molecular flexibility index (Phi) is 7.15. The molecule has 0 radical (unpaired) electrons. The van der Waals surface area contributed by atoms with Crippen molar-refractivity contribution < 1.29 is 14.3 Å². The lowest BCUT2D eigenvalue weighted by atomic mass is 10.2. The number of nitrogens with one attached hydrogen (secondary N) is 1. The van der Waals surface area contributed by atoms with Crippen LogP contribution in [0.2, 0.25) is 0 Å². The van der Waals surface area contributed by atoms with E-state index in [9.17, 15) is 4.79 Å². The van der Waals surface area contributed by atoms with Crippen molar-refractivity contribution >= 4 is 29.7 Å². The largest absolute Gasteiger partial charge is 0.493 e. The molecule has 1 amide bonds. The summed E-state index contributed by atoms with van der Waals surface area (Å²) in [7, 11) is 1.57. The molecule has 3 N–H and O–H groups in total. The molecule has 2 aromatic rings. The molecule has 0 saturated carbocycles. The lowest BCUT2D eigenvalue weighted by Crippen LogP contribution is -2.15. The smallest absolute Gasteiger partial charge is 0.230 e. The van der Waals surface area contributed by atoms with Crippen LogP contribution in [0.25, 0.3) is 0 Å². The van der Waals surface area contributed by atoms with Gasteiger partial charge in [0, 0.05) is 17.4 Å². The van der Waals surface area contributed by atoms with Gasteiger partial charge in [0.2, 0.25) is 5.91 Å². The van der Waals surface area contributed by atoms with Crippen LogP contribution in [0.5, 0.6) is 11.5 Å². The summed E-state index contributed by atoms with van der Waals surface area (Å²) in [5, 5.41) is 2.81. The molecule has 1 aromatic carbocycles. The molecular weight excluding hydrogens is 318 g/mol. The van der Waals surface area contributed by atoms with E-state index >= 15 is 0 Å². The molecule has 0 spiro atoms. The summed E-state index contributed by atoms with van der Waals surface area (Å²) in [4.78, 5) is 16.1. The highest BCUT2D eigenvalue weighted by Crippen LogP contribution is 2.30. The number of halogens is 1. The normalized spacial score (nSPS) is 9.65. The molecule has 2 rings (SSSR count). The lowest BCUT2D eigenvalue weighted by Gasteiger charge is -2.11. The van der Waals surface area contributed by atoms with Crippen LogP contribution < -0.4 is 20.5 Å². The Balaban J connectivity index is 0.00000264. The topological polar surface area (TPSA) is 86.5 Å². The highest BCUT2D eigenvalue weighted by atomic mass is 35.5. The van der Waals surface area contributed by atoms with Gasteiger partial charge >= 0.3 is 0 Å². The Bertz CT molecular complexity index is 648.